The lowest BCUT2D eigenvalue weighted by Gasteiger charge is -2.64. The van der Waals surface area contributed by atoms with Gasteiger partial charge in [-0.3, -0.25) is 0 Å². The van der Waals surface area contributed by atoms with Gasteiger partial charge in [-0.2, -0.15) is 0 Å². The SMILES string of the molecule is CCCCS(=O)(=O)NC(=O)NCCC[C@H]1CC[C@H]2[C@@H]3[C@H](O)[C@H](CC)[C@@H]4C[C@H](O)CC[C@]4(C)[C@H]3CC[C@]12C. The minimum atomic E-state index is -3.56. The average Bonchev–Trinajstić information content (AvgIpc) is 3.18. The summed E-state index contributed by atoms with van der Waals surface area (Å²) in [5.74, 6) is 2.67. The molecule has 2 amide bonds. The molecule has 4 aliphatic rings. The van der Waals surface area contributed by atoms with Crippen LogP contribution in [0.2, 0.25) is 0 Å². The van der Waals surface area contributed by atoms with Crippen molar-refractivity contribution in [1.82, 2.24) is 10.0 Å². The number of nitrogens with one attached hydrogen (secondary N) is 2. The Labute approximate surface area is 225 Å². The van der Waals surface area contributed by atoms with Crippen molar-refractivity contribution in [3.63, 3.8) is 0 Å². The zero-order chi connectivity index (χ0) is 27.0. The molecule has 4 aliphatic carbocycles. The van der Waals surface area contributed by atoms with Crippen LogP contribution in [0.15, 0.2) is 0 Å². The Balaban J connectivity index is 1.36. The van der Waals surface area contributed by atoms with Crippen LogP contribution in [-0.4, -0.2) is 49.2 Å². The number of amides is 2. The van der Waals surface area contributed by atoms with Gasteiger partial charge in [-0.15, -0.1) is 0 Å². The van der Waals surface area contributed by atoms with E-state index in [1.807, 2.05) is 6.92 Å². The molecule has 0 aromatic carbocycles. The van der Waals surface area contributed by atoms with Gasteiger partial charge in [-0.1, -0.05) is 40.5 Å². The fraction of sp³-hybridized carbons (Fsp3) is 0.966. The smallest absolute Gasteiger partial charge is 0.328 e. The molecule has 0 saturated heterocycles. The molecular formula is C29H52N2O5S. The molecule has 4 N–H and O–H groups in total. The predicted molar refractivity (Wildman–Crippen MR) is 146 cm³/mol. The van der Waals surface area contributed by atoms with Gasteiger partial charge in [-0.05, 0) is 111 Å². The first-order valence-electron chi connectivity index (χ1n) is 15.1. The highest BCUT2D eigenvalue weighted by Crippen LogP contribution is 2.69. The van der Waals surface area contributed by atoms with Crippen LogP contribution >= 0.6 is 0 Å². The summed E-state index contributed by atoms with van der Waals surface area (Å²) in [4.78, 5) is 12.1. The topological polar surface area (TPSA) is 116 Å². The summed E-state index contributed by atoms with van der Waals surface area (Å²) in [5.41, 5.74) is 0.432. The van der Waals surface area contributed by atoms with Gasteiger partial charge in [0.25, 0.3) is 0 Å². The minimum absolute atomic E-state index is 0.0218. The molecule has 8 heteroatoms. The van der Waals surface area contributed by atoms with Crippen LogP contribution in [0.4, 0.5) is 4.79 Å². The van der Waals surface area contributed by atoms with Crippen molar-refractivity contribution < 1.29 is 23.4 Å². The van der Waals surface area contributed by atoms with Crippen molar-refractivity contribution >= 4 is 16.1 Å². The number of aliphatic hydroxyl groups is 2. The number of unbranched alkanes of at least 4 members (excludes halogenated alkanes) is 1. The van der Waals surface area contributed by atoms with Gasteiger partial charge in [0.1, 0.15) is 0 Å². The summed E-state index contributed by atoms with van der Waals surface area (Å²) in [6.45, 7) is 9.54. The number of hydrogen-bond donors (Lipinski definition) is 4. The van der Waals surface area contributed by atoms with Crippen LogP contribution in [0.1, 0.15) is 105 Å². The minimum Gasteiger partial charge on any atom is -0.393 e. The van der Waals surface area contributed by atoms with E-state index in [0.717, 1.165) is 44.9 Å². The lowest BCUT2D eigenvalue weighted by atomic mass is 9.41. The largest absolute Gasteiger partial charge is 0.393 e. The third-order valence-corrected chi connectivity index (χ3v) is 12.9. The summed E-state index contributed by atoms with van der Waals surface area (Å²) in [6.07, 6.45) is 11.2. The number of rotatable bonds is 9. The Morgan fingerprint density at radius 3 is 2.35 bits per heavy atom. The molecule has 0 spiro atoms. The van der Waals surface area contributed by atoms with E-state index in [4.69, 9.17) is 0 Å². The third kappa shape index (κ3) is 5.58. The van der Waals surface area contributed by atoms with E-state index in [1.54, 1.807) is 0 Å². The number of aliphatic hydroxyl groups excluding tert-OH is 2. The van der Waals surface area contributed by atoms with Crippen molar-refractivity contribution in [2.75, 3.05) is 12.3 Å². The summed E-state index contributed by atoms with van der Waals surface area (Å²) >= 11 is 0. The molecule has 0 unspecified atom stereocenters. The van der Waals surface area contributed by atoms with E-state index in [0.29, 0.717) is 42.6 Å². The molecular weight excluding hydrogens is 488 g/mol. The average molecular weight is 541 g/mol. The molecule has 0 heterocycles. The van der Waals surface area contributed by atoms with E-state index < -0.39 is 16.1 Å². The molecule has 0 radical (unpaired) electrons. The summed E-state index contributed by atoms with van der Waals surface area (Å²) in [6, 6.07) is -0.622. The van der Waals surface area contributed by atoms with E-state index in [9.17, 15) is 23.4 Å². The van der Waals surface area contributed by atoms with E-state index in [1.165, 1.54) is 25.7 Å². The third-order valence-electron chi connectivity index (χ3n) is 11.6. The fourth-order valence-electron chi connectivity index (χ4n) is 9.65. The Morgan fingerprint density at radius 2 is 1.65 bits per heavy atom. The standard InChI is InChI=1S/C29H52N2O5S/c1-5-7-17-37(35,36)31-27(34)30-16-8-9-19-10-11-22-25-23(13-15-28(19,22)3)29(4)14-12-20(32)18-24(29)21(6-2)26(25)33/h19-26,32-33H,5-18H2,1-4H3,(H2,30,31,34)/t19-,20+,21+,22-,23-,24-,25-,26+,28+,29+/m0/s1. The Morgan fingerprint density at radius 1 is 0.946 bits per heavy atom. The van der Waals surface area contributed by atoms with Crippen LogP contribution < -0.4 is 10.0 Å². The highest BCUT2D eigenvalue weighted by molar-refractivity contribution is 7.90. The molecule has 4 saturated carbocycles. The maximum Gasteiger partial charge on any atom is 0.328 e. The number of hydrogen-bond acceptors (Lipinski definition) is 5. The van der Waals surface area contributed by atoms with Gasteiger partial charge in [0.2, 0.25) is 10.0 Å². The molecule has 4 rings (SSSR count). The van der Waals surface area contributed by atoms with Crippen LogP contribution in [0.3, 0.4) is 0 Å². The fourth-order valence-corrected chi connectivity index (χ4v) is 10.8. The molecule has 0 aliphatic heterocycles. The van der Waals surface area contributed by atoms with Crippen molar-refractivity contribution in [3.05, 3.63) is 0 Å². The number of fused-ring (bicyclic) bond motifs is 5. The van der Waals surface area contributed by atoms with Crippen molar-refractivity contribution in [3.8, 4) is 0 Å². The molecule has 214 valence electrons. The molecule has 10 atom stereocenters. The maximum atomic E-state index is 12.1. The molecule has 0 aromatic rings. The number of carbonyl (C=O) groups is 1. The van der Waals surface area contributed by atoms with Gasteiger partial charge in [0, 0.05) is 6.54 Å². The predicted octanol–water partition coefficient (Wildman–Crippen LogP) is 4.82. The number of carbonyl (C=O) groups excluding carboxylic acids is 1. The molecule has 0 aromatic heterocycles. The van der Waals surface area contributed by atoms with Crippen LogP contribution in [0, 0.1) is 46.3 Å². The first-order chi connectivity index (χ1) is 17.5. The van der Waals surface area contributed by atoms with Crippen LogP contribution in [-0.2, 0) is 10.0 Å². The van der Waals surface area contributed by atoms with E-state index in [-0.39, 0.29) is 34.7 Å². The zero-order valence-electron chi connectivity index (χ0n) is 23.5. The lowest BCUT2D eigenvalue weighted by molar-refractivity contribution is -0.202. The Bertz CT molecular complexity index is 912. The summed E-state index contributed by atoms with van der Waals surface area (Å²) in [5, 5.41) is 25.0. The zero-order valence-corrected chi connectivity index (χ0v) is 24.4. The van der Waals surface area contributed by atoms with Crippen LogP contribution in [0.5, 0.6) is 0 Å². The first-order valence-corrected chi connectivity index (χ1v) is 16.8. The maximum absolute atomic E-state index is 12.1. The molecule has 0 bridgehead atoms. The van der Waals surface area contributed by atoms with E-state index in [2.05, 4.69) is 30.8 Å². The summed E-state index contributed by atoms with van der Waals surface area (Å²) in [7, 11) is -3.56. The monoisotopic (exact) mass is 540 g/mol. The molecule has 37 heavy (non-hydrogen) atoms. The van der Waals surface area contributed by atoms with Crippen molar-refractivity contribution in [2.45, 2.75) is 117 Å². The number of urea groups is 1. The van der Waals surface area contributed by atoms with Gasteiger partial charge in [0.05, 0.1) is 18.0 Å². The molecule has 7 nitrogen and oxygen atoms in total. The summed E-state index contributed by atoms with van der Waals surface area (Å²) < 4.78 is 26.0. The van der Waals surface area contributed by atoms with Crippen LogP contribution in [0.25, 0.3) is 0 Å². The van der Waals surface area contributed by atoms with Gasteiger partial charge in [-0.25, -0.2) is 17.9 Å². The second kappa shape index (κ2) is 11.3. The van der Waals surface area contributed by atoms with Gasteiger partial charge < -0.3 is 15.5 Å². The van der Waals surface area contributed by atoms with Gasteiger partial charge in [0.15, 0.2) is 0 Å². The molecule has 4 fully saturated rings. The van der Waals surface area contributed by atoms with E-state index >= 15 is 0 Å². The Hall–Kier alpha value is -0.860. The van der Waals surface area contributed by atoms with Gasteiger partial charge >= 0.3 is 6.03 Å². The highest BCUT2D eigenvalue weighted by atomic mass is 32.2. The lowest BCUT2D eigenvalue weighted by Crippen LogP contribution is -2.62. The normalized spacial score (nSPS) is 43.4. The second-order valence-corrected chi connectivity index (χ2v) is 15.2. The Kier molecular flexibility index (Phi) is 8.92. The van der Waals surface area contributed by atoms with Crippen molar-refractivity contribution in [1.29, 1.82) is 0 Å². The first kappa shape index (κ1) is 29.1. The van der Waals surface area contributed by atoms with Crippen molar-refractivity contribution in [2.24, 2.45) is 46.3 Å². The quantitative estimate of drug-likeness (QED) is 0.313. The second-order valence-electron chi connectivity index (χ2n) is 13.4. The number of sulfonamides is 1. The highest BCUT2D eigenvalue weighted by Gasteiger charge is 2.64.